The van der Waals surface area contributed by atoms with Crippen LogP contribution in [0.15, 0.2) is 46.9 Å². The lowest BCUT2D eigenvalue weighted by Gasteiger charge is -2.37. The number of morpholine rings is 1. The summed E-state index contributed by atoms with van der Waals surface area (Å²) in [5.74, 6) is 1.29. The van der Waals surface area contributed by atoms with Gasteiger partial charge < -0.3 is 14.9 Å². The number of primary amides is 1. The van der Waals surface area contributed by atoms with Crippen LogP contribution in [0.25, 0.3) is 11.3 Å². The van der Waals surface area contributed by atoms with E-state index in [1.807, 2.05) is 54.3 Å². The lowest BCUT2D eigenvalue weighted by atomic mass is 10.1. The van der Waals surface area contributed by atoms with Crippen molar-refractivity contribution >= 4 is 5.91 Å². The van der Waals surface area contributed by atoms with Gasteiger partial charge in [0.1, 0.15) is 17.6 Å². The van der Waals surface area contributed by atoms with Gasteiger partial charge in [-0.15, -0.1) is 0 Å². The van der Waals surface area contributed by atoms with Crippen molar-refractivity contribution in [2.75, 3.05) is 13.2 Å². The minimum atomic E-state index is -0.418. The van der Waals surface area contributed by atoms with Crippen LogP contribution >= 0.6 is 0 Å². The van der Waals surface area contributed by atoms with Gasteiger partial charge in [0, 0.05) is 12.1 Å². The summed E-state index contributed by atoms with van der Waals surface area (Å²) >= 11 is 0. The molecule has 22 heavy (non-hydrogen) atoms. The van der Waals surface area contributed by atoms with Gasteiger partial charge in [-0.3, -0.25) is 9.69 Å². The standard InChI is InChI=1S/C17H20N2O3/c1-12-16(17(18)20)19(9-10-21-12)11-14-7-8-15(22-14)13-5-3-2-4-6-13/h2-8,12,16H,9-11H2,1H3,(H2,18,20)/t12-,16+/m1/s1. The topological polar surface area (TPSA) is 68.7 Å². The highest BCUT2D eigenvalue weighted by Gasteiger charge is 2.34. The quantitative estimate of drug-likeness (QED) is 0.938. The molecule has 0 aliphatic carbocycles. The van der Waals surface area contributed by atoms with Gasteiger partial charge in [-0.25, -0.2) is 0 Å². The number of ether oxygens (including phenoxy) is 1. The molecule has 1 aromatic heterocycles. The molecule has 1 aliphatic rings. The van der Waals surface area contributed by atoms with Crippen LogP contribution < -0.4 is 5.73 Å². The molecule has 2 aromatic rings. The lowest BCUT2D eigenvalue weighted by Crippen LogP contribution is -2.55. The Morgan fingerprint density at radius 1 is 1.27 bits per heavy atom. The van der Waals surface area contributed by atoms with Crippen LogP contribution in [0.1, 0.15) is 12.7 Å². The molecule has 2 N–H and O–H groups in total. The first kappa shape index (κ1) is 14.8. The SMILES string of the molecule is C[C@H]1OCCN(Cc2ccc(-c3ccccc3)o2)[C@@H]1C(N)=O. The number of rotatable bonds is 4. The highest BCUT2D eigenvalue weighted by Crippen LogP contribution is 2.24. The zero-order chi connectivity index (χ0) is 15.5. The maximum Gasteiger partial charge on any atom is 0.237 e. The summed E-state index contributed by atoms with van der Waals surface area (Å²) in [5.41, 5.74) is 6.54. The van der Waals surface area contributed by atoms with Crippen LogP contribution in [0.5, 0.6) is 0 Å². The van der Waals surface area contributed by atoms with Gasteiger partial charge in [-0.2, -0.15) is 0 Å². The van der Waals surface area contributed by atoms with Crippen LogP contribution in [0.2, 0.25) is 0 Å². The van der Waals surface area contributed by atoms with Crippen molar-refractivity contribution in [3.63, 3.8) is 0 Å². The molecule has 0 saturated carbocycles. The van der Waals surface area contributed by atoms with Gasteiger partial charge in [0.05, 0.1) is 19.3 Å². The van der Waals surface area contributed by atoms with Crippen molar-refractivity contribution in [1.29, 1.82) is 0 Å². The molecular weight excluding hydrogens is 280 g/mol. The average Bonchev–Trinajstić information content (AvgIpc) is 2.96. The molecule has 5 nitrogen and oxygen atoms in total. The van der Waals surface area contributed by atoms with Crippen LogP contribution in [0.3, 0.4) is 0 Å². The Hall–Kier alpha value is -2.11. The van der Waals surface area contributed by atoms with Crippen molar-refractivity contribution in [2.45, 2.75) is 25.6 Å². The second-order valence-electron chi connectivity index (χ2n) is 5.53. The molecule has 0 unspecified atom stereocenters. The minimum Gasteiger partial charge on any atom is -0.460 e. The predicted molar refractivity (Wildman–Crippen MR) is 83.0 cm³/mol. The number of nitrogens with two attached hydrogens (primary N) is 1. The summed E-state index contributed by atoms with van der Waals surface area (Å²) in [6.07, 6.45) is -0.199. The molecule has 0 bridgehead atoms. The number of carbonyl (C=O) groups excluding carboxylic acids is 1. The number of nitrogens with zero attached hydrogens (tertiary/aromatic N) is 1. The second kappa shape index (κ2) is 6.34. The molecule has 0 spiro atoms. The Balaban J connectivity index is 1.75. The summed E-state index contributed by atoms with van der Waals surface area (Å²) in [5, 5.41) is 0. The van der Waals surface area contributed by atoms with Crippen LogP contribution in [0, 0.1) is 0 Å². The largest absolute Gasteiger partial charge is 0.460 e. The van der Waals surface area contributed by atoms with Crippen molar-refractivity contribution in [3.8, 4) is 11.3 Å². The van der Waals surface area contributed by atoms with E-state index in [0.717, 1.165) is 17.1 Å². The maximum absolute atomic E-state index is 11.7. The molecule has 1 amide bonds. The molecule has 5 heteroatoms. The van der Waals surface area contributed by atoms with Crippen LogP contribution in [0.4, 0.5) is 0 Å². The molecule has 2 atom stereocenters. The molecule has 0 radical (unpaired) electrons. The first-order chi connectivity index (χ1) is 10.6. The molecule has 1 aliphatic heterocycles. The van der Waals surface area contributed by atoms with E-state index in [4.69, 9.17) is 14.9 Å². The predicted octanol–water partition coefficient (Wildman–Crippen LogP) is 2.02. The smallest absolute Gasteiger partial charge is 0.237 e. The molecule has 1 saturated heterocycles. The van der Waals surface area contributed by atoms with Crippen LogP contribution in [-0.2, 0) is 16.1 Å². The van der Waals surface area contributed by atoms with E-state index in [2.05, 4.69) is 0 Å². The normalized spacial score (nSPS) is 22.6. The average molecular weight is 300 g/mol. The van der Waals surface area contributed by atoms with Gasteiger partial charge >= 0.3 is 0 Å². The van der Waals surface area contributed by atoms with Gasteiger partial charge in [0.25, 0.3) is 0 Å². The van der Waals surface area contributed by atoms with Gasteiger partial charge in [-0.05, 0) is 19.1 Å². The van der Waals surface area contributed by atoms with Crippen molar-refractivity contribution in [3.05, 3.63) is 48.2 Å². The van der Waals surface area contributed by atoms with Gasteiger partial charge in [0.15, 0.2) is 0 Å². The Morgan fingerprint density at radius 2 is 2.05 bits per heavy atom. The molecule has 1 fully saturated rings. The summed E-state index contributed by atoms with van der Waals surface area (Å²) in [6.45, 7) is 3.68. The van der Waals surface area contributed by atoms with E-state index in [1.165, 1.54) is 0 Å². The van der Waals surface area contributed by atoms with E-state index in [-0.39, 0.29) is 12.0 Å². The summed E-state index contributed by atoms with van der Waals surface area (Å²) in [6, 6.07) is 13.4. The highest BCUT2D eigenvalue weighted by molar-refractivity contribution is 5.80. The Kier molecular flexibility index (Phi) is 4.27. The third-order valence-corrected chi connectivity index (χ3v) is 3.97. The van der Waals surface area contributed by atoms with E-state index < -0.39 is 6.04 Å². The Labute approximate surface area is 129 Å². The lowest BCUT2D eigenvalue weighted by molar-refractivity contribution is -0.136. The third-order valence-electron chi connectivity index (χ3n) is 3.97. The third kappa shape index (κ3) is 3.05. The Morgan fingerprint density at radius 3 is 2.77 bits per heavy atom. The van der Waals surface area contributed by atoms with Crippen molar-refractivity contribution in [2.24, 2.45) is 5.73 Å². The first-order valence-corrected chi connectivity index (χ1v) is 7.44. The zero-order valence-electron chi connectivity index (χ0n) is 12.6. The summed E-state index contributed by atoms with van der Waals surface area (Å²) < 4.78 is 11.4. The monoisotopic (exact) mass is 300 g/mol. The molecule has 1 aromatic carbocycles. The summed E-state index contributed by atoms with van der Waals surface area (Å²) in [7, 11) is 0. The zero-order valence-corrected chi connectivity index (χ0v) is 12.6. The van der Waals surface area contributed by atoms with E-state index >= 15 is 0 Å². The number of hydrogen-bond acceptors (Lipinski definition) is 4. The van der Waals surface area contributed by atoms with E-state index in [9.17, 15) is 4.79 Å². The molecule has 116 valence electrons. The maximum atomic E-state index is 11.7. The van der Waals surface area contributed by atoms with E-state index in [0.29, 0.717) is 19.7 Å². The minimum absolute atomic E-state index is 0.199. The van der Waals surface area contributed by atoms with Crippen LogP contribution in [-0.4, -0.2) is 36.1 Å². The summed E-state index contributed by atoms with van der Waals surface area (Å²) in [4.78, 5) is 13.7. The van der Waals surface area contributed by atoms with Gasteiger partial charge in [-0.1, -0.05) is 30.3 Å². The second-order valence-corrected chi connectivity index (χ2v) is 5.53. The molecular formula is C17H20N2O3. The number of furan rings is 1. The number of carbonyl (C=O) groups is 1. The van der Waals surface area contributed by atoms with Gasteiger partial charge in [0.2, 0.25) is 5.91 Å². The molecule has 3 rings (SSSR count). The fourth-order valence-electron chi connectivity index (χ4n) is 2.89. The molecule has 2 heterocycles. The van der Waals surface area contributed by atoms with Crippen molar-refractivity contribution < 1.29 is 13.9 Å². The van der Waals surface area contributed by atoms with E-state index in [1.54, 1.807) is 0 Å². The fourth-order valence-corrected chi connectivity index (χ4v) is 2.89. The number of hydrogen-bond donors (Lipinski definition) is 1. The Bertz CT molecular complexity index is 638. The van der Waals surface area contributed by atoms with Crippen molar-refractivity contribution in [1.82, 2.24) is 4.90 Å². The number of amides is 1. The fraction of sp³-hybridized carbons (Fsp3) is 0.353. The number of benzene rings is 1. The first-order valence-electron chi connectivity index (χ1n) is 7.44. The highest BCUT2D eigenvalue weighted by atomic mass is 16.5.